The second-order valence-electron chi connectivity index (χ2n) is 4.81. The summed E-state index contributed by atoms with van der Waals surface area (Å²) in [4.78, 5) is 11.2. The fraction of sp³-hybridized carbons (Fsp3) is 0.462. The van der Waals surface area contributed by atoms with Gasteiger partial charge in [-0.05, 0) is 25.0 Å². The quantitative estimate of drug-likeness (QED) is 0.872. The van der Waals surface area contributed by atoms with Crippen molar-refractivity contribution in [2.45, 2.75) is 18.9 Å². The van der Waals surface area contributed by atoms with Gasteiger partial charge >= 0.3 is 5.97 Å². The van der Waals surface area contributed by atoms with Crippen molar-refractivity contribution in [3.8, 4) is 5.75 Å². The van der Waals surface area contributed by atoms with Gasteiger partial charge in [0.1, 0.15) is 5.75 Å². The zero-order valence-corrected chi connectivity index (χ0v) is 11.9. The normalized spacial score (nSPS) is 21.1. The van der Waals surface area contributed by atoms with Crippen LogP contribution in [0.4, 0.5) is 5.69 Å². The Hall–Kier alpha value is -1.76. The Kier molecular flexibility index (Phi) is 4.17. The third-order valence-electron chi connectivity index (χ3n) is 3.28. The van der Waals surface area contributed by atoms with Crippen LogP contribution < -0.4 is 10.1 Å². The van der Waals surface area contributed by atoms with E-state index in [4.69, 9.17) is 9.84 Å². The van der Waals surface area contributed by atoms with E-state index in [1.165, 1.54) is 13.2 Å². The van der Waals surface area contributed by atoms with Gasteiger partial charge in [0.15, 0.2) is 9.84 Å². The SMILES string of the molecule is COc1ccc(C(=O)O)c(NC2CCCS(=O)(=O)C2)c1. The third-order valence-corrected chi connectivity index (χ3v) is 5.10. The molecule has 0 radical (unpaired) electrons. The average molecular weight is 299 g/mol. The van der Waals surface area contributed by atoms with Crippen LogP contribution in [-0.2, 0) is 9.84 Å². The van der Waals surface area contributed by atoms with Crippen LogP contribution in [0.3, 0.4) is 0 Å². The summed E-state index contributed by atoms with van der Waals surface area (Å²) in [6.45, 7) is 0. The summed E-state index contributed by atoms with van der Waals surface area (Å²) >= 11 is 0. The molecule has 1 atom stereocenters. The molecule has 0 aromatic heterocycles. The van der Waals surface area contributed by atoms with Gasteiger partial charge in [-0.25, -0.2) is 13.2 Å². The van der Waals surface area contributed by atoms with Gasteiger partial charge in [0.05, 0.1) is 29.9 Å². The minimum Gasteiger partial charge on any atom is -0.497 e. The lowest BCUT2D eigenvalue weighted by atomic mass is 10.1. The number of hydrogen-bond acceptors (Lipinski definition) is 5. The molecule has 0 bridgehead atoms. The molecule has 1 fully saturated rings. The van der Waals surface area contributed by atoms with E-state index >= 15 is 0 Å². The molecule has 20 heavy (non-hydrogen) atoms. The lowest BCUT2D eigenvalue weighted by Gasteiger charge is -2.25. The first-order valence-corrected chi connectivity index (χ1v) is 8.12. The first kappa shape index (κ1) is 14.6. The molecule has 1 saturated heterocycles. The summed E-state index contributed by atoms with van der Waals surface area (Å²) in [5, 5.41) is 12.2. The molecule has 2 N–H and O–H groups in total. The summed E-state index contributed by atoms with van der Waals surface area (Å²) in [6, 6.07) is 4.32. The van der Waals surface area contributed by atoms with Crippen molar-refractivity contribution < 1.29 is 23.1 Å². The van der Waals surface area contributed by atoms with Gasteiger partial charge in [-0.1, -0.05) is 0 Å². The lowest BCUT2D eigenvalue weighted by molar-refractivity contribution is 0.0698. The van der Waals surface area contributed by atoms with Crippen molar-refractivity contribution in [2.24, 2.45) is 0 Å². The van der Waals surface area contributed by atoms with Crippen molar-refractivity contribution in [2.75, 3.05) is 23.9 Å². The maximum atomic E-state index is 11.6. The molecule has 1 unspecified atom stereocenters. The highest BCUT2D eigenvalue weighted by molar-refractivity contribution is 7.91. The fourth-order valence-electron chi connectivity index (χ4n) is 2.31. The zero-order valence-electron chi connectivity index (χ0n) is 11.1. The highest BCUT2D eigenvalue weighted by Crippen LogP contribution is 2.25. The van der Waals surface area contributed by atoms with Crippen LogP contribution in [0.2, 0.25) is 0 Å². The van der Waals surface area contributed by atoms with Gasteiger partial charge < -0.3 is 15.2 Å². The van der Waals surface area contributed by atoms with E-state index in [-0.39, 0.29) is 23.1 Å². The number of carboxylic acid groups (broad SMARTS) is 1. The third kappa shape index (κ3) is 3.41. The number of ether oxygens (including phenoxy) is 1. The lowest BCUT2D eigenvalue weighted by Crippen LogP contribution is -2.35. The van der Waals surface area contributed by atoms with Crippen molar-refractivity contribution >= 4 is 21.5 Å². The number of benzene rings is 1. The Balaban J connectivity index is 2.25. The number of methoxy groups -OCH3 is 1. The minimum atomic E-state index is -3.04. The summed E-state index contributed by atoms with van der Waals surface area (Å²) in [6.07, 6.45) is 1.29. The number of rotatable bonds is 4. The first-order chi connectivity index (χ1) is 9.41. The molecular weight excluding hydrogens is 282 g/mol. The molecule has 0 saturated carbocycles. The van der Waals surface area contributed by atoms with Gasteiger partial charge in [-0.2, -0.15) is 0 Å². The zero-order chi connectivity index (χ0) is 14.8. The fourth-order valence-corrected chi connectivity index (χ4v) is 3.95. The van der Waals surface area contributed by atoms with E-state index in [0.717, 1.165) is 0 Å². The van der Waals surface area contributed by atoms with Crippen LogP contribution in [0.25, 0.3) is 0 Å². The van der Waals surface area contributed by atoms with E-state index in [2.05, 4.69) is 5.32 Å². The molecule has 110 valence electrons. The van der Waals surface area contributed by atoms with E-state index in [1.807, 2.05) is 0 Å². The number of anilines is 1. The Labute approximate surface area is 117 Å². The maximum absolute atomic E-state index is 11.6. The van der Waals surface area contributed by atoms with Crippen molar-refractivity contribution in [1.29, 1.82) is 0 Å². The molecule has 2 rings (SSSR count). The van der Waals surface area contributed by atoms with Crippen molar-refractivity contribution in [1.82, 2.24) is 0 Å². The molecule has 6 nitrogen and oxygen atoms in total. The molecular formula is C13H17NO5S. The molecule has 1 heterocycles. The average Bonchev–Trinajstić information content (AvgIpc) is 2.37. The summed E-state index contributed by atoms with van der Waals surface area (Å²) < 4.78 is 28.3. The van der Waals surface area contributed by atoms with Crippen LogP contribution >= 0.6 is 0 Å². The van der Waals surface area contributed by atoms with E-state index in [0.29, 0.717) is 24.3 Å². The van der Waals surface area contributed by atoms with Gasteiger partial charge in [0.25, 0.3) is 0 Å². The molecule has 1 aliphatic heterocycles. The number of aromatic carboxylic acids is 1. The Bertz CT molecular complexity index is 611. The van der Waals surface area contributed by atoms with Crippen LogP contribution in [0.1, 0.15) is 23.2 Å². The number of carbonyl (C=O) groups is 1. The second-order valence-corrected chi connectivity index (χ2v) is 7.04. The first-order valence-electron chi connectivity index (χ1n) is 6.29. The largest absolute Gasteiger partial charge is 0.497 e. The van der Waals surface area contributed by atoms with E-state index < -0.39 is 15.8 Å². The Morgan fingerprint density at radius 3 is 2.80 bits per heavy atom. The van der Waals surface area contributed by atoms with E-state index in [1.54, 1.807) is 12.1 Å². The van der Waals surface area contributed by atoms with Crippen molar-refractivity contribution in [3.63, 3.8) is 0 Å². The summed E-state index contributed by atoms with van der Waals surface area (Å²) in [5.41, 5.74) is 0.493. The maximum Gasteiger partial charge on any atom is 0.337 e. The smallest absolute Gasteiger partial charge is 0.337 e. The predicted octanol–water partition coefficient (Wildman–Crippen LogP) is 1.38. The minimum absolute atomic E-state index is 0.0310. The number of carboxylic acids is 1. The molecule has 1 aliphatic rings. The van der Waals surface area contributed by atoms with Crippen molar-refractivity contribution in [3.05, 3.63) is 23.8 Å². The van der Waals surface area contributed by atoms with Crippen LogP contribution in [-0.4, -0.2) is 44.2 Å². The van der Waals surface area contributed by atoms with E-state index in [9.17, 15) is 13.2 Å². The van der Waals surface area contributed by atoms with Crippen LogP contribution in [0.5, 0.6) is 5.75 Å². The highest BCUT2D eigenvalue weighted by atomic mass is 32.2. The number of hydrogen-bond donors (Lipinski definition) is 2. The Morgan fingerprint density at radius 1 is 1.45 bits per heavy atom. The molecule has 1 aromatic rings. The van der Waals surface area contributed by atoms with Gasteiger partial charge in [0.2, 0.25) is 0 Å². The van der Waals surface area contributed by atoms with Gasteiger partial charge in [-0.15, -0.1) is 0 Å². The van der Waals surface area contributed by atoms with Gasteiger partial charge in [-0.3, -0.25) is 0 Å². The topological polar surface area (TPSA) is 92.7 Å². The molecule has 7 heteroatoms. The summed E-state index contributed by atoms with van der Waals surface area (Å²) in [7, 11) is -1.55. The number of sulfone groups is 1. The molecule has 0 spiro atoms. The summed E-state index contributed by atoms with van der Waals surface area (Å²) in [5.74, 6) is -0.303. The van der Waals surface area contributed by atoms with Crippen LogP contribution in [0, 0.1) is 0 Å². The standard InChI is InChI=1S/C13H17NO5S/c1-19-10-4-5-11(13(15)16)12(7-10)14-9-3-2-6-20(17,18)8-9/h4-5,7,9,14H,2-3,6,8H2,1H3,(H,15,16). The monoisotopic (exact) mass is 299 g/mol. The molecule has 0 aliphatic carbocycles. The second kappa shape index (κ2) is 5.70. The number of nitrogens with one attached hydrogen (secondary N) is 1. The highest BCUT2D eigenvalue weighted by Gasteiger charge is 2.25. The molecule has 0 amide bonds. The van der Waals surface area contributed by atoms with Crippen LogP contribution in [0.15, 0.2) is 18.2 Å². The Morgan fingerprint density at radius 2 is 2.20 bits per heavy atom. The van der Waals surface area contributed by atoms with Gasteiger partial charge in [0, 0.05) is 12.1 Å². The molecule has 1 aromatic carbocycles. The predicted molar refractivity (Wildman–Crippen MR) is 75.3 cm³/mol.